The number of rotatable bonds is 4. The van der Waals surface area contributed by atoms with E-state index in [1.165, 1.54) is 25.3 Å². The van der Waals surface area contributed by atoms with Gasteiger partial charge in [-0.3, -0.25) is 0 Å². The molecule has 2 N–H and O–H groups in total. The highest BCUT2D eigenvalue weighted by Gasteiger charge is 2.16. The number of anilines is 3. The minimum absolute atomic E-state index is 0.297. The van der Waals surface area contributed by atoms with Gasteiger partial charge in [-0.1, -0.05) is 23.7 Å². The molecule has 142 valence electrons. The van der Waals surface area contributed by atoms with E-state index in [-0.39, 0.29) is 0 Å². The molecule has 7 nitrogen and oxygen atoms in total. The lowest BCUT2D eigenvalue weighted by Gasteiger charge is -2.30. The largest absolute Gasteiger partial charge is 0.465 e. The van der Waals surface area contributed by atoms with Crippen LogP contribution in [0.3, 0.4) is 0 Å². The Labute approximate surface area is 162 Å². The van der Waals surface area contributed by atoms with Crippen LogP contribution in [0.4, 0.5) is 21.9 Å². The van der Waals surface area contributed by atoms with Crippen LogP contribution in [0.15, 0.2) is 42.5 Å². The number of carbonyl (C=O) groups is 2. The van der Waals surface area contributed by atoms with Crippen molar-refractivity contribution < 1.29 is 19.1 Å². The van der Waals surface area contributed by atoms with Gasteiger partial charge in [0.1, 0.15) is 0 Å². The van der Waals surface area contributed by atoms with Gasteiger partial charge in [0, 0.05) is 13.1 Å². The molecule has 2 aromatic carbocycles. The minimum Gasteiger partial charge on any atom is -0.465 e. The Morgan fingerprint density at radius 1 is 1.07 bits per heavy atom. The first-order chi connectivity index (χ1) is 13.1. The number of methoxy groups -OCH3 is 1. The number of hydrogen-bond acceptors (Lipinski definition) is 5. The molecular formula is C19H20ClN3O4. The molecule has 0 atom stereocenters. The van der Waals surface area contributed by atoms with Crippen molar-refractivity contribution >= 4 is 40.7 Å². The number of morpholine rings is 1. The predicted molar refractivity (Wildman–Crippen MR) is 105 cm³/mol. The van der Waals surface area contributed by atoms with Crippen LogP contribution in [0.25, 0.3) is 0 Å². The molecule has 0 unspecified atom stereocenters. The number of hydrogen-bond donors (Lipinski definition) is 2. The van der Waals surface area contributed by atoms with Gasteiger partial charge in [-0.2, -0.15) is 0 Å². The van der Waals surface area contributed by atoms with Crippen molar-refractivity contribution in [3.8, 4) is 0 Å². The van der Waals surface area contributed by atoms with Crippen molar-refractivity contribution in [2.45, 2.75) is 0 Å². The zero-order valence-electron chi connectivity index (χ0n) is 14.8. The van der Waals surface area contributed by atoms with E-state index < -0.39 is 12.0 Å². The lowest BCUT2D eigenvalue weighted by atomic mass is 10.2. The lowest BCUT2D eigenvalue weighted by Crippen LogP contribution is -2.37. The van der Waals surface area contributed by atoms with Crippen LogP contribution in [-0.4, -0.2) is 45.4 Å². The fourth-order valence-electron chi connectivity index (χ4n) is 2.80. The number of urea groups is 1. The summed E-state index contributed by atoms with van der Waals surface area (Å²) >= 11 is 6.13. The first kappa shape index (κ1) is 19.0. The summed E-state index contributed by atoms with van der Waals surface area (Å²) in [4.78, 5) is 26.3. The molecule has 3 rings (SSSR count). The van der Waals surface area contributed by atoms with Crippen molar-refractivity contribution in [3.05, 3.63) is 53.1 Å². The summed E-state index contributed by atoms with van der Waals surface area (Å²) in [6.45, 7) is 2.81. The molecule has 1 aliphatic rings. The second kappa shape index (κ2) is 8.75. The SMILES string of the molecule is COC(=O)c1ccc(Cl)c(NC(=O)Nc2ccccc2N2CCOCC2)c1. The summed E-state index contributed by atoms with van der Waals surface area (Å²) in [5, 5.41) is 5.83. The first-order valence-corrected chi connectivity index (χ1v) is 8.84. The third kappa shape index (κ3) is 4.69. The topological polar surface area (TPSA) is 79.9 Å². The Bertz CT molecular complexity index is 837. The number of para-hydroxylation sites is 2. The van der Waals surface area contributed by atoms with E-state index in [0.717, 1.165) is 18.8 Å². The Morgan fingerprint density at radius 3 is 2.52 bits per heavy atom. The summed E-state index contributed by atoms with van der Waals surface area (Å²) in [7, 11) is 1.29. The van der Waals surface area contributed by atoms with E-state index in [1.54, 1.807) is 0 Å². The second-order valence-corrected chi connectivity index (χ2v) is 6.29. The number of esters is 1. The van der Waals surface area contributed by atoms with Crippen LogP contribution in [0.2, 0.25) is 5.02 Å². The quantitative estimate of drug-likeness (QED) is 0.781. The Kier molecular flexibility index (Phi) is 6.16. The van der Waals surface area contributed by atoms with Gasteiger partial charge < -0.3 is 25.0 Å². The number of amides is 2. The van der Waals surface area contributed by atoms with Gasteiger partial charge in [0.15, 0.2) is 0 Å². The van der Waals surface area contributed by atoms with Gasteiger partial charge >= 0.3 is 12.0 Å². The van der Waals surface area contributed by atoms with E-state index in [0.29, 0.717) is 35.2 Å². The lowest BCUT2D eigenvalue weighted by molar-refractivity contribution is 0.0600. The third-order valence-electron chi connectivity index (χ3n) is 4.14. The molecular weight excluding hydrogens is 370 g/mol. The highest BCUT2D eigenvalue weighted by atomic mass is 35.5. The Hall–Kier alpha value is -2.77. The summed E-state index contributed by atoms with van der Waals surface area (Å²) in [5.74, 6) is -0.507. The average Bonchev–Trinajstić information content (AvgIpc) is 2.70. The summed E-state index contributed by atoms with van der Waals surface area (Å²) < 4.78 is 10.1. The molecule has 0 saturated carbocycles. The van der Waals surface area contributed by atoms with Crippen molar-refractivity contribution in [2.75, 3.05) is 48.9 Å². The number of halogens is 1. The number of benzene rings is 2. The zero-order chi connectivity index (χ0) is 19.2. The highest BCUT2D eigenvalue weighted by molar-refractivity contribution is 6.34. The van der Waals surface area contributed by atoms with Gasteiger partial charge in [0.25, 0.3) is 0 Å². The van der Waals surface area contributed by atoms with E-state index >= 15 is 0 Å². The van der Waals surface area contributed by atoms with Crippen molar-refractivity contribution in [1.82, 2.24) is 0 Å². The molecule has 0 spiro atoms. The molecule has 27 heavy (non-hydrogen) atoms. The summed E-state index contributed by atoms with van der Waals surface area (Å²) in [5.41, 5.74) is 2.22. The Balaban J connectivity index is 1.74. The van der Waals surface area contributed by atoms with Gasteiger partial charge in [-0.15, -0.1) is 0 Å². The normalized spacial score (nSPS) is 13.8. The fourth-order valence-corrected chi connectivity index (χ4v) is 2.97. The number of nitrogens with zero attached hydrogens (tertiary/aromatic N) is 1. The molecule has 0 radical (unpaired) electrons. The van der Waals surface area contributed by atoms with Crippen molar-refractivity contribution in [3.63, 3.8) is 0 Å². The van der Waals surface area contributed by atoms with Crippen LogP contribution >= 0.6 is 11.6 Å². The minimum atomic E-state index is -0.507. The van der Waals surface area contributed by atoms with E-state index in [2.05, 4.69) is 20.3 Å². The van der Waals surface area contributed by atoms with Gasteiger partial charge in [0.2, 0.25) is 0 Å². The highest BCUT2D eigenvalue weighted by Crippen LogP contribution is 2.27. The molecule has 1 saturated heterocycles. The average molecular weight is 390 g/mol. The van der Waals surface area contributed by atoms with Gasteiger partial charge in [0.05, 0.1) is 48.0 Å². The number of carbonyl (C=O) groups excluding carboxylic acids is 2. The van der Waals surface area contributed by atoms with Crippen LogP contribution in [-0.2, 0) is 9.47 Å². The van der Waals surface area contributed by atoms with Crippen LogP contribution in [0.5, 0.6) is 0 Å². The smallest absolute Gasteiger partial charge is 0.337 e. The maximum atomic E-state index is 12.5. The molecule has 0 aliphatic carbocycles. The van der Waals surface area contributed by atoms with Gasteiger partial charge in [-0.05, 0) is 30.3 Å². The van der Waals surface area contributed by atoms with Crippen molar-refractivity contribution in [1.29, 1.82) is 0 Å². The van der Waals surface area contributed by atoms with Crippen LogP contribution in [0.1, 0.15) is 10.4 Å². The zero-order valence-corrected chi connectivity index (χ0v) is 15.6. The standard InChI is InChI=1S/C19H20ClN3O4/c1-26-18(24)13-6-7-14(20)16(12-13)22-19(25)21-15-4-2-3-5-17(15)23-8-10-27-11-9-23/h2-7,12H,8-11H2,1H3,(H2,21,22,25). The molecule has 0 bridgehead atoms. The Morgan fingerprint density at radius 2 is 1.78 bits per heavy atom. The second-order valence-electron chi connectivity index (χ2n) is 5.88. The summed E-state index contributed by atoms with van der Waals surface area (Å²) in [6.07, 6.45) is 0. The molecule has 1 fully saturated rings. The molecule has 8 heteroatoms. The van der Waals surface area contributed by atoms with E-state index in [4.69, 9.17) is 16.3 Å². The number of nitrogens with one attached hydrogen (secondary N) is 2. The van der Waals surface area contributed by atoms with Crippen LogP contribution in [0, 0.1) is 0 Å². The molecule has 2 amide bonds. The maximum Gasteiger partial charge on any atom is 0.337 e. The first-order valence-electron chi connectivity index (χ1n) is 8.46. The maximum absolute atomic E-state index is 12.5. The summed E-state index contributed by atoms with van der Waals surface area (Å²) in [6, 6.07) is 11.6. The fraction of sp³-hybridized carbons (Fsp3) is 0.263. The molecule has 1 heterocycles. The third-order valence-corrected chi connectivity index (χ3v) is 4.47. The molecule has 0 aromatic heterocycles. The molecule has 2 aromatic rings. The molecule has 1 aliphatic heterocycles. The van der Waals surface area contributed by atoms with Crippen LogP contribution < -0.4 is 15.5 Å². The monoisotopic (exact) mass is 389 g/mol. The predicted octanol–water partition coefficient (Wildman–Crippen LogP) is 3.61. The van der Waals surface area contributed by atoms with E-state index in [1.807, 2.05) is 24.3 Å². The van der Waals surface area contributed by atoms with E-state index in [9.17, 15) is 9.59 Å². The van der Waals surface area contributed by atoms with Crippen molar-refractivity contribution in [2.24, 2.45) is 0 Å². The van der Waals surface area contributed by atoms with Gasteiger partial charge in [-0.25, -0.2) is 9.59 Å². The number of ether oxygens (including phenoxy) is 2.